The van der Waals surface area contributed by atoms with Crippen molar-refractivity contribution in [2.24, 2.45) is 4.99 Å². The van der Waals surface area contributed by atoms with Crippen molar-refractivity contribution in [2.45, 2.75) is 38.8 Å². The van der Waals surface area contributed by atoms with Crippen molar-refractivity contribution in [3.63, 3.8) is 0 Å². The van der Waals surface area contributed by atoms with Gasteiger partial charge in [-0.05, 0) is 41.7 Å². The second-order valence-electron chi connectivity index (χ2n) is 7.24. The zero-order valence-electron chi connectivity index (χ0n) is 17.1. The quantitative estimate of drug-likeness (QED) is 0.342. The Morgan fingerprint density at radius 2 is 1.83 bits per heavy atom. The molecule has 0 spiro atoms. The standard InChI is InChI=1S/C21H30N4O2S.HI/c1-3-14-28(26,27)25-12-10-20(11-13-25)24-21(22-2)23-16-17-8-9-18-6-4-5-7-19(18)15-17;/h4-9,15,20H,3,10-14,16H2,1-2H3,(H2,22,23,24);1H. The minimum absolute atomic E-state index is 0. The largest absolute Gasteiger partial charge is 0.354 e. The molecule has 0 aromatic heterocycles. The van der Waals surface area contributed by atoms with Gasteiger partial charge in [0.2, 0.25) is 10.0 Å². The molecular formula is C21H31IN4O2S. The van der Waals surface area contributed by atoms with Crippen LogP contribution < -0.4 is 10.6 Å². The van der Waals surface area contributed by atoms with Gasteiger partial charge < -0.3 is 10.6 Å². The Bertz CT molecular complexity index is 925. The summed E-state index contributed by atoms with van der Waals surface area (Å²) in [5.74, 6) is 0.989. The van der Waals surface area contributed by atoms with Gasteiger partial charge in [-0.3, -0.25) is 4.99 Å². The molecule has 0 bridgehead atoms. The van der Waals surface area contributed by atoms with E-state index in [1.54, 1.807) is 11.4 Å². The highest BCUT2D eigenvalue weighted by molar-refractivity contribution is 14.0. The van der Waals surface area contributed by atoms with E-state index in [1.165, 1.54) is 16.3 Å². The molecule has 8 heteroatoms. The highest BCUT2D eigenvalue weighted by Gasteiger charge is 2.27. The van der Waals surface area contributed by atoms with Crippen molar-refractivity contribution in [2.75, 3.05) is 25.9 Å². The summed E-state index contributed by atoms with van der Waals surface area (Å²) in [6.45, 7) is 3.73. The fourth-order valence-electron chi connectivity index (χ4n) is 3.59. The number of sulfonamides is 1. The van der Waals surface area contributed by atoms with Crippen molar-refractivity contribution in [3.05, 3.63) is 48.0 Å². The van der Waals surface area contributed by atoms with E-state index in [-0.39, 0.29) is 35.8 Å². The number of halogens is 1. The molecule has 1 aliphatic heterocycles. The highest BCUT2D eigenvalue weighted by atomic mass is 127. The van der Waals surface area contributed by atoms with E-state index < -0.39 is 10.0 Å². The van der Waals surface area contributed by atoms with Crippen molar-refractivity contribution >= 4 is 50.7 Å². The number of rotatable bonds is 6. The monoisotopic (exact) mass is 530 g/mol. The zero-order valence-corrected chi connectivity index (χ0v) is 20.2. The van der Waals surface area contributed by atoms with Crippen LogP contribution in [0.4, 0.5) is 0 Å². The summed E-state index contributed by atoms with van der Waals surface area (Å²) in [7, 11) is -1.33. The molecule has 1 heterocycles. The highest BCUT2D eigenvalue weighted by Crippen LogP contribution is 2.16. The Kier molecular flexibility index (Phi) is 9.16. The van der Waals surface area contributed by atoms with Crippen LogP contribution in [-0.4, -0.2) is 50.6 Å². The van der Waals surface area contributed by atoms with Gasteiger partial charge in [0.1, 0.15) is 0 Å². The maximum Gasteiger partial charge on any atom is 0.214 e. The molecule has 0 saturated carbocycles. The van der Waals surface area contributed by atoms with Gasteiger partial charge in [-0.15, -0.1) is 24.0 Å². The number of fused-ring (bicyclic) bond motifs is 1. The van der Waals surface area contributed by atoms with Crippen LogP contribution in [-0.2, 0) is 16.6 Å². The molecule has 0 unspecified atom stereocenters. The Labute approximate surface area is 191 Å². The lowest BCUT2D eigenvalue weighted by molar-refractivity contribution is 0.306. The number of aliphatic imine (C=N–C) groups is 1. The van der Waals surface area contributed by atoms with Crippen LogP contribution in [0.3, 0.4) is 0 Å². The Balaban J connectivity index is 0.00000300. The van der Waals surface area contributed by atoms with E-state index in [0.717, 1.165) is 18.8 Å². The summed E-state index contributed by atoms with van der Waals surface area (Å²) < 4.78 is 26.0. The van der Waals surface area contributed by atoms with Crippen LogP contribution in [0.2, 0.25) is 0 Å². The zero-order chi connectivity index (χ0) is 20.0. The minimum Gasteiger partial charge on any atom is -0.354 e. The molecule has 0 atom stereocenters. The summed E-state index contributed by atoms with van der Waals surface area (Å²) in [5, 5.41) is 9.26. The molecule has 1 saturated heterocycles. The van der Waals surface area contributed by atoms with Crippen molar-refractivity contribution in [1.82, 2.24) is 14.9 Å². The molecule has 1 aliphatic rings. The maximum atomic E-state index is 12.2. The van der Waals surface area contributed by atoms with Crippen molar-refractivity contribution in [3.8, 4) is 0 Å². The molecule has 2 aromatic carbocycles. The van der Waals surface area contributed by atoms with Gasteiger partial charge >= 0.3 is 0 Å². The average Bonchev–Trinajstić information content (AvgIpc) is 2.71. The Morgan fingerprint density at radius 3 is 2.48 bits per heavy atom. The number of benzene rings is 2. The lowest BCUT2D eigenvalue weighted by Crippen LogP contribution is -2.49. The van der Waals surface area contributed by atoms with E-state index in [9.17, 15) is 8.42 Å². The third-order valence-corrected chi connectivity index (χ3v) is 7.22. The van der Waals surface area contributed by atoms with Crippen molar-refractivity contribution < 1.29 is 8.42 Å². The van der Waals surface area contributed by atoms with E-state index in [4.69, 9.17) is 0 Å². The fraction of sp³-hybridized carbons (Fsp3) is 0.476. The van der Waals surface area contributed by atoms with Gasteiger partial charge in [0, 0.05) is 32.7 Å². The molecule has 160 valence electrons. The molecule has 0 radical (unpaired) electrons. The first-order valence-electron chi connectivity index (χ1n) is 9.94. The number of nitrogens with one attached hydrogen (secondary N) is 2. The predicted octanol–water partition coefficient (Wildman–Crippen LogP) is 3.33. The second kappa shape index (κ2) is 11.1. The third-order valence-electron chi connectivity index (χ3n) is 5.15. The van der Waals surface area contributed by atoms with E-state index in [0.29, 0.717) is 26.1 Å². The normalized spacial score (nSPS) is 16.4. The number of hydrogen-bond donors (Lipinski definition) is 2. The number of nitrogens with zero attached hydrogens (tertiary/aromatic N) is 2. The smallest absolute Gasteiger partial charge is 0.214 e. The van der Waals surface area contributed by atoms with Gasteiger partial charge in [-0.1, -0.05) is 43.3 Å². The molecule has 29 heavy (non-hydrogen) atoms. The number of piperidine rings is 1. The summed E-state index contributed by atoms with van der Waals surface area (Å²) in [5.41, 5.74) is 1.20. The van der Waals surface area contributed by atoms with Gasteiger partial charge in [0.25, 0.3) is 0 Å². The predicted molar refractivity (Wildman–Crippen MR) is 131 cm³/mol. The SMILES string of the molecule is CCCS(=O)(=O)N1CCC(NC(=NC)NCc2ccc3ccccc3c2)CC1.I. The van der Waals surface area contributed by atoms with E-state index in [1.807, 2.05) is 19.1 Å². The van der Waals surface area contributed by atoms with Gasteiger partial charge in [0.15, 0.2) is 5.96 Å². The number of guanidine groups is 1. The van der Waals surface area contributed by atoms with Crippen LogP contribution in [0, 0.1) is 0 Å². The second-order valence-corrected chi connectivity index (χ2v) is 9.33. The van der Waals surface area contributed by atoms with E-state index in [2.05, 4.69) is 46.0 Å². The summed E-state index contributed by atoms with van der Waals surface area (Å²) in [6, 6.07) is 15.0. The van der Waals surface area contributed by atoms with Crippen LogP contribution in [0.25, 0.3) is 10.8 Å². The third kappa shape index (κ3) is 6.55. The Morgan fingerprint density at radius 1 is 1.14 bits per heavy atom. The van der Waals surface area contributed by atoms with Gasteiger partial charge in [0.05, 0.1) is 5.75 Å². The number of hydrogen-bond acceptors (Lipinski definition) is 3. The molecule has 0 amide bonds. The summed E-state index contributed by atoms with van der Waals surface area (Å²) >= 11 is 0. The lowest BCUT2D eigenvalue weighted by atomic mass is 10.1. The fourth-order valence-corrected chi connectivity index (χ4v) is 5.13. The average molecular weight is 530 g/mol. The van der Waals surface area contributed by atoms with Crippen LogP contribution in [0.1, 0.15) is 31.7 Å². The summed E-state index contributed by atoms with van der Waals surface area (Å²) in [6.07, 6.45) is 2.24. The lowest BCUT2D eigenvalue weighted by Gasteiger charge is -2.32. The first-order chi connectivity index (χ1) is 13.5. The first-order valence-corrected chi connectivity index (χ1v) is 11.6. The molecule has 6 nitrogen and oxygen atoms in total. The topological polar surface area (TPSA) is 73.8 Å². The minimum atomic E-state index is -3.10. The molecule has 2 aromatic rings. The summed E-state index contributed by atoms with van der Waals surface area (Å²) in [4.78, 5) is 4.32. The molecule has 1 fully saturated rings. The molecular weight excluding hydrogens is 499 g/mol. The molecule has 3 rings (SSSR count). The van der Waals surface area contributed by atoms with Crippen LogP contribution in [0.15, 0.2) is 47.5 Å². The van der Waals surface area contributed by atoms with Crippen molar-refractivity contribution in [1.29, 1.82) is 0 Å². The van der Waals surface area contributed by atoms with Gasteiger partial charge in [-0.2, -0.15) is 0 Å². The van der Waals surface area contributed by atoms with Crippen LogP contribution in [0.5, 0.6) is 0 Å². The van der Waals surface area contributed by atoms with E-state index >= 15 is 0 Å². The molecule has 2 N–H and O–H groups in total. The molecule has 0 aliphatic carbocycles. The Hall–Kier alpha value is -1.39. The first kappa shape index (κ1) is 23.9. The maximum absolute atomic E-state index is 12.2. The van der Waals surface area contributed by atoms with Gasteiger partial charge in [-0.25, -0.2) is 12.7 Å². The van der Waals surface area contributed by atoms with Crippen LogP contribution >= 0.6 is 24.0 Å².